The van der Waals surface area contributed by atoms with Crippen molar-refractivity contribution in [3.63, 3.8) is 0 Å². The van der Waals surface area contributed by atoms with Gasteiger partial charge in [-0.15, -0.1) is 0 Å². The van der Waals surface area contributed by atoms with Crippen molar-refractivity contribution in [2.75, 3.05) is 13.7 Å². The number of methoxy groups -OCH3 is 1. The molecule has 0 radical (unpaired) electrons. The van der Waals surface area contributed by atoms with E-state index in [0.29, 0.717) is 24.8 Å². The molecule has 5 heteroatoms. The molecule has 17 heavy (non-hydrogen) atoms. The van der Waals surface area contributed by atoms with E-state index in [-0.39, 0.29) is 5.56 Å². The maximum Gasteiger partial charge on any atom is 0.277 e. The highest BCUT2D eigenvalue weighted by atomic mass is 32.1. The molecule has 0 aliphatic heterocycles. The third-order valence-corrected chi connectivity index (χ3v) is 2.93. The maximum atomic E-state index is 12.0. The summed E-state index contributed by atoms with van der Waals surface area (Å²) >= 11 is 4.56. The van der Waals surface area contributed by atoms with Crippen LogP contribution in [-0.4, -0.2) is 23.4 Å². The highest BCUT2D eigenvalue weighted by Gasteiger charge is 2.25. The molecule has 0 N–H and O–H groups in total. The van der Waals surface area contributed by atoms with Gasteiger partial charge in [-0.25, -0.2) is 0 Å². The fraction of sp³-hybridized carbons (Fsp3) is 0.500. The van der Waals surface area contributed by atoms with Gasteiger partial charge in [-0.05, 0) is 42.6 Å². The summed E-state index contributed by atoms with van der Waals surface area (Å²) in [6.45, 7) is 1.05. The van der Waals surface area contributed by atoms with Crippen LogP contribution in [0.4, 0.5) is 5.69 Å². The van der Waals surface area contributed by atoms with Gasteiger partial charge in [-0.1, -0.05) is 0 Å². The summed E-state index contributed by atoms with van der Waals surface area (Å²) in [5.41, 5.74) is 1.40. The van der Waals surface area contributed by atoms with E-state index in [1.165, 1.54) is 12.8 Å². The molecule has 90 valence electrons. The molecule has 0 saturated heterocycles. The topological polar surface area (TPSA) is 43.6 Å². The second kappa shape index (κ2) is 5.36. The first-order valence-electron chi connectivity index (χ1n) is 5.57. The molecule has 0 amide bonds. The summed E-state index contributed by atoms with van der Waals surface area (Å²) < 4.78 is 6.63. The lowest BCUT2D eigenvalue weighted by Crippen LogP contribution is -2.22. The minimum atomic E-state index is -0.135. The molecule has 1 aromatic rings. The smallest absolute Gasteiger partial charge is 0.277 e. The van der Waals surface area contributed by atoms with Gasteiger partial charge in [0.25, 0.3) is 5.56 Å². The molecule has 0 unspecified atom stereocenters. The number of nitrogens with zero attached hydrogens (tertiary/aromatic N) is 2. The van der Waals surface area contributed by atoms with Crippen LogP contribution in [0, 0.1) is 0 Å². The van der Waals surface area contributed by atoms with Gasteiger partial charge in [0, 0.05) is 19.9 Å². The van der Waals surface area contributed by atoms with Crippen molar-refractivity contribution in [1.82, 2.24) is 4.57 Å². The Kier molecular flexibility index (Phi) is 3.84. The third-order valence-electron chi connectivity index (χ3n) is 2.84. The fourth-order valence-corrected chi connectivity index (χ4v) is 1.87. The summed E-state index contributed by atoms with van der Waals surface area (Å²) in [7, 11) is 1.62. The molecule has 1 aliphatic rings. The van der Waals surface area contributed by atoms with E-state index >= 15 is 0 Å². The van der Waals surface area contributed by atoms with E-state index in [0.717, 1.165) is 5.56 Å². The van der Waals surface area contributed by atoms with E-state index in [2.05, 4.69) is 22.4 Å². The monoisotopic (exact) mass is 250 g/mol. The maximum absolute atomic E-state index is 12.0. The Balaban J connectivity index is 2.41. The second-order valence-corrected chi connectivity index (χ2v) is 4.31. The zero-order valence-corrected chi connectivity index (χ0v) is 10.5. The Morgan fingerprint density at radius 3 is 3.00 bits per heavy atom. The Morgan fingerprint density at radius 1 is 1.65 bits per heavy atom. The van der Waals surface area contributed by atoms with Gasteiger partial charge in [0.1, 0.15) is 5.69 Å². The van der Waals surface area contributed by atoms with Crippen molar-refractivity contribution in [1.29, 1.82) is 0 Å². The number of thiocarbonyl (C=S) groups is 1. The molecule has 0 spiro atoms. The standard InChI is InChI=1S/C12H14N2O2S/c1-16-5-4-14-7-10(9-2-3-9)6-11(12(14)15)13-8-17/h6-7,9H,2-5H2,1H3. The highest BCUT2D eigenvalue weighted by Crippen LogP contribution is 2.40. The van der Waals surface area contributed by atoms with E-state index in [1.807, 2.05) is 12.3 Å². The molecule has 0 bridgehead atoms. The zero-order chi connectivity index (χ0) is 12.3. The molecular formula is C12H14N2O2S. The molecule has 0 atom stereocenters. The van der Waals surface area contributed by atoms with Gasteiger partial charge in [-0.2, -0.15) is 4.99 Å². The normalized spacial score (nSPS) is 14.4. The van der Waals surface area contributed by atoms with Crippen LogP contribution in [0.5, 0.6) is 0 Å². The van der Waals surface area contributed by atoms with Crippen LogP contribution in [0.1, 0.15) is 24.3 Å². The fourth-order valence-electron chi connectivity index (χ4n) is 1.77. The number of ether oxygens (including phenoxy) is 1. The van der Waals surface area contributed by atoms with Crippen LogP contribution in [0.25, 0.3) is 0 Å². The highest BCUT2D eigenvalue weighted by molar-refractivity contribution is 7.78. The van der Waals surface area contributed by atoms with Gasteiger partial charge < -0.3 is 9.30 Å². The van der Waals surface area contributed by atoms with Crippen molar-refractivity contribution in [3.05, 3.63) is 28.2 Å². The van der Waals surface area contributed by atoms with Crippen LogP contribution in [-0.2, 0) is 11.3 Å². The molecular weight excluding hydrogens is 236 g/mol. The number of aliphatic imine (C=N–C) groups is 1. The number of isothiocyanates is 1. The number of hydrogen-bond acceptors (Lipinski definition) is 4. The first-order chi connectivity index (χ1) is 8.26. The first-order valence-corrected chi connectivity index (χ1v) is 5.98. The summed E-state index contributed by atoms with van der Waals surface area (Å²) in [5, 5.41) is 2.26. The summed E-state index contributed by atoms with van der Waals surface area (Å²) in [6.07, 6.45) is 4.27. The zero-order valence-electron chi connectivity index (χ0n) is 9.68. The van der Waals surface area contributed by atoms with Crippen LogP contribution in [0.3, 0.4) is 0 Å². The Bertz CT molecular complexity index is 514. The van der Waals surface area contributed by atoms with E-state index in [9.17, 15) is 4.79 Å². The Hall–Kier alpha value is -1.29. The van der Waals surface area contributed by atoms with Crippen LogP contribution >= 0.6 is 12.2 Å². The number of rotatable bonds is 5. The van der Waals surface area contributed by atoms with Crippen molar-refractivity contribution >= 4 is 23.1 Å². The lowest BCUT2D eigenvalue weighted by Gasteiger charge is -2.08. The minimum Gasteiger partial charge on any atom is -0.383 e. The van der Waals surface area contributed by atoms with Gasteiger partial charge in [0.15, 0.2) is 0 Å². The minimum absolute atomic E-state index is 0.135. The van der Waals surface area contributed by atoms with Crippen LogP contribution in [0.15, 0.2) is 22.1 Å². The lowest BCUT2D eigenvalue weighted by atomic mass is 10.2. The average Bonchev–Trinajstić information content (AvgIpc) is 3.14. The van der Waals surface area contributed by atoms with Gasteiger partial charge in [0.05, 0.1) is 11.8 Å². The summed E-state index contributed by atoms with van der Waals surface area (Å²) in [5.74, 6) is 0.573. The van der Waals surface area contributed by atoms with Gasteiger partial charge in [-0.3, -0.25) is 4.79 Å². The molecule has 1 fully saturated rings. The Morgan fingerprint density at radius 2 is 2.41 bits per heavy atom. The predicted molar refractivity (Wildman–Crippen MR) is 69.2 cm³/mol. The first kappa shape index (κ1) is 12.2. The second-order valence-electron chi connectivity index (χ2n) is 4.13. The SMILES string of the molecule is COCCn1cc(C2CC2)cc(N=C=S)c1=O. The quantitative estimate of drug-likeness (QED) is 0.594. The summed E-state index contributed by atoms with van der Waals surface area (Å²) in [4.78, 5) is 15.8. The van der Waals surface area contributed by atoms with Crippen LogP contribution < -0.4 is 5.56 Å². The van der Waals surface area contributed by atoms with Crippen molar-refractivity contribution in [2.45, 2.75) is 25.3 Å². The lowest BCUT2D eigenvalue weighted by molar-refractivity contribution is 0.186. The van der Waals surface area contributed by atoms with Crippen molar-refractivity contribution in [2.24, 2.45) is 4.99 Å². The third kappa shape index (κ3) is 2.88. The van der Waals surface area contributed by atoms with Crippen molar-refractivity contribution in [3.8, 4) is 0 Å². The Labute approximate surface area is 105 Å². The molecule has 4 nitrogen and oxygen atoms in total. The number of aromatic nitrogens is 1. The molecule has 1 aliphatic carbocycles. The van der Waals surface area contributed by atoms with Gasteiger partial charge >= 0.3 is 0 Å². The molecule has 1 heterocycles. The van der Waals surface area contributed by atoms with E-state index < -0.39 is 0 Å². The predicted octanol–water partition coefficient (Wildman–Crippen LogP) is 2.11. The largest absolute Gasteiger partial charge is 0.383 e. The molecule has 1 aromatic heterocycles. The summed E-state index contributed by atoms with van der Waals surface area (Å²) in [6, 6.07) is 1.82. The van der Waals surface area contributed by atoms with Gasteiger partial charge in [0.2, 0.25) is 0 Å². The molecule has 0 aromatic carbocycles. The number of hydrogen-bond donors (Lipinski definition) is 0. The van der Waals surface area contributed by atoms with Crippen molar-refractivity contribution < 1.29 is 4.74 Å². The molecule has 1 saturated carbocycles. The number of pyridine rings is 1. The average molecular weight is 250 g/mol. The van der Waals surface area contributed by atoms with E-state index in [1.54, 1.807) is 11.7 Å². The van der Waals surface area contributed by atoms with Crippen LogP contribution in [0.2, 0.25) is 0 Å². The van der Waals surface area contributed by atoms with E-state index in [4.69, 9.17) is 4.74 Å². The molecule has 2 rings (SSSR count).